The number of hydrogen-bond donors (Lipinski definition) is 3. The largest absolute Gasteiger partial charge is 0.273 e. The van der Waals surface area contributed by atoms with Gasteiger partial charge in [0.25, 0.3) is 11.8 Å². The summed E-state index contributed by atoms with van der Waals surface area (Å²) < 4.78 is 0. The Morgan fingerprint density at radius 1 is 1.00 bits per heavy atom. The van der Waals surface area contributed by atoms with E-state index in [4.69, 9.17) is 10.5 Å². The zero-order valence-electron chi connectivity index (χ0n) is 10.2. The second-order valence-electron chi connectivity index (χ2n) is 3.32. The van der Waals surface area contributed by atoms with Gasteiger partial charge in [-0.2, -0.15) is 15.6 Å². The van der Waals surface area contributed by atoms with E-state index >= 15 is 0 Å². The van der Waals surface area contributed by atoms with E-state index in [0.29, 0.717) is 5.71 Å². The van der Waals surface area contributed by atoms with Gasteiger partial charge in [0.2, 0.25) is 5.91 Å². The van der Waals surface area contributed by atoms with E-state index in [1.54, 1.807) is 12.1 Å². The lowest BCUT2D eigenvalue weighted by atomic mass is 10.3. The number of rotatable bonds is 5. The third kappa shape index (κ3) is 8.83. The number of nitriles is 2. The average Bonchev–Trinajstić information content (AvgIpc) is 2.35. The first-order valence-corrected chi connectivity index (χ1v) is 5.13. The molecule has 0 atom stereocenters. The molecule has 0 radical (unpaired) electrons. The smallest absolute Gasteiger partial charge is 0.254 e. The lowest BCUT2D eigenvalue weighted by molar-refractivity contribution is -0.127. The van der Waals surface area contributed by atoms with E-state index in [1.165, 1.54) is 6.92 Å². The Bertz CT molecular complexity index is 471. The van der Waals surface area contributed by atoms with Crippen molar-refractivity contribution < 1.29 is 14.4 Å². The minimum absolute atomic E-state index is 0.153. The molecule has 0 bridgehead atoms. The van der Waals surface area contributed by atoms with Gasteiger partial charge in [-0.1, -0.05) is 0 Å². The normalized spacial score (nSPS) is 9.74. The van der Waals surface area contributed by atoms with Gasteiger partial charge in [-0.3, -0.25) is 25.2 Å². The van der Waals surface area contributed by atoms with Crippen molar-refractivity contribution in [2.75, 3.05) is 0 Å². The Balaban J connectivity index is 4.02. The fourth-order valence-corrected chi connectivity index (χ4v) is 0.841. The Morgan fingerprint density at radius 2 is 1.53 bits per heavy atom. The zero-order chi connectivity index (χ0) is 14.7. The van der Waals surface area contributed by atoms with Gasteiger partial charge in [-0.25, -0.2) is 5.43 Å². The molecule has 0 aromatic rings. The Kier molecular flexibility index (Phi) is 7.72. The molecule has 0 saturated heterocycles. The van der Waals surface area contributed by atoms with E-state index in [2.05, 4.69) is 16.0 Å². The number of hydrazine groups is 1. The first kappa shape index (κ1) is 16.1. The van der Waals surface area contributed by atoms with Crippen LogP contribution in [0.4, 0.5) is 0 Å². The molecule has 0 aromatic heterocycles. The maximum Gasteiger partial charge on any atom is 0.254 e. The van der Waals surface area contributed by atoms with Crippen LogP contribution in [-0.4, -0.2) is 23.4 Å². The summed E-state index contributed by atoms with van der Waals surface area (Å²) in [5.74, 6) is -1.76. The van der Waals surface area contributed by atoms with Crippen molar-refractivity contribution in [3.63, 3.8) is 0 Å². The molecular weight excluding hydrogens is 252 g/mol. The number of hydrazone groups is 1. The lowest BCUT2D eigenvalue weighted by Crippen LogP contribution is -2.42. The van der Waals surface area contributed by atoms with Crippen LogP contribution in [0.2, 0.25) is 0 Å². The first-order chi connectivity index (χ1) is 8.99. The molecule has 9 heteroatoms. The maximum atomic E-state index is 11.3. The molecule has 0 aliphatic carbocycles. The van der Waals surface area contributed by atoms with Crippen molar-refractivity contribution in [3.05, 3.63) is 0 Å². The molecule has 19 heavy (non-hydrogen) atoms. The summed E-state index contributed by atoms with van der Waals surface area (Å²) in [6.07, 6.45) is -0.843. The van der Waals surface area contributed by atoms with Gasteiger partial charge >= 0.3 is 0 Å². The van der Waals surface area contributed by atoms with Crippen LogP contribution in [0.15, 0.2) is 5.10 Å². The van der Waals surface area contributed by atoms with Crippen molar-refractivity contribution in [2.45, 2.75) is 26.2 Å². The van der Waals surface area contributed by atoms with Crippen LogP contribution in [0.3, 0.4) is 0 Å². The summed E-state index contributed by atoms with van der Waals surface area (Å²) >= 11 is 0. The summed E-state index contributed by atoms with van der Waals surface area (Å²) in [4.78, 5) is 33.0. The van der Waals surface area contributed by atoms with Gasteiger partial charge < -0.3 is 0 Å². The van der Waals surface area contributed by atoms with E-state index in [0.717, 1.165) is 0 Å². The summed E-state index contributed by atoms with van der Waals surface area (Å²) in [5, 5.41) is 20.0. The highest BCUT2D eigenvalue weighted by Gasteiger charge is 2.06. The van der Waals surface area contributed by atoms with Gasteiger partial charge in [-0.05, 0) is 6.92 Å². The van der Waals surface area contributed by atoms with Crippen molar-refractivity contribution >= 4 is 23.4 Å². The van der Waals surface area contributed by atoms with Crippen LogP contribution >= 0.6 is 0 Å². The molecule has 100 valence electrons. The Hall–Kier alpha value is -2.94. The molecular formula is C10H12N6O3. The summed E-state index contributed by atoms with van der Waals surface area (Å²) in [6, 6.07) is 3.26. The summed E-state index contributed by atoms with van der Waals surface area (Å²) in [5.41, 5.74) is 6.48. The van der Waals surface area contributed by atoms with Crippen LogP contribution in [0.1, 0.15) is 26.2 Å². The van der Waals surface area contributed by atoms with Crippen molar-refractivity contribution in [1.82, 2.24) is 16.3 Å². The fourth-order valence-electron chi connectivity index (χ4n) is 0.841. The standard InChI is InChI=1S/C10H12N6O3/c1-7(13-14-8(17)2-4-11)6-10(19)16-15-9(18)3-5-12/h2-3,6H2,1H3,(H,14,17)(H,15,18)(H,16,19). The molecule has 0 aromatic carbocycles. The zero-order valence-corrected chi connectivity index (χ0v) is 10.2. The van der Waals surface area contributed by atoms with E-state index in [1.807, 2.05) is 5.43 Å². The third-order valence-corrected chi connectivity index (χ3v) is 1.61. The number of nitrogens with one attached hydrogen (secondary N) is 3. The maximum absolute atomic E-state index is 11.3. The first-order valence-electron chi connectivity index (χ1n) is 5.13. The highest BCUT2D eigenvalue weighted by molar-refractivity contribution is 6.00. The highest BCUT2D eigenvalue weighted by atomic mass is 16.2. The van der Waals surface area contributed by atoms with Gasteiger partial charge in [0.15, 0.2) is 0 Å². The topological polar surface area (TPSA) is 147 Å². The quantitative estimate of drug-likeness (QED) is 0.423. The molecule has 3 amide bonds. The minimum atomic E-state index is -0.632. The molecule has 0 fully saturated rings. The fraction of sp³-hybridized carbons (Fsp3) is 0.400. The van der Waals surface area contributed by atoms with Gasteiger partial charge in [0, 0.05) is 5.71 Å². The molecule has 9 nitrogen and oxygen atoms in total. The van der Waals surface area contributed by atoms with Crippen molar-refractivity contribution in [1.29, 1.82) is 10.5 Å². The minimum Gasteiger partial charge on any atom is -0.273 e. The van der Waals surface area contributed by atoms with Crippen LogP contribution in [0, 0.1) is 22.7 Å². The Labute approximate surface area is 109 Å². The van der Waals surface area contributed by atoms with Gasteiger partial charge in [0.1, 0.15) is 12.8 Å². The molecule has 0 heterocycles. The summed E-state index contributed by atoms with van der Waals surface area (Å²) in [6.45, 7) is 1.49. The average molecular weight is 264 g/mol. The lowest BCUT2D eigenvalue weighted by Gasteiger charge is -2.05. The number of hydrogen-bond acceptors (Lipinski definition) is 6. The third-order valence-electron chi connectivity index (χ3n) is 1.61. The van der Waals surface area contributed by atoms with E-state index < -0.39 is 17.7 Å². The van der Waals surface area contributed by atoms with Crippen molar-refractivity contribution in [3.8, 4) is 12.1 Å². The second-order valence-corrected chi connectivity index (χ2v) is 3.32. The number of amides is 3. The molecule has 0 unspecified atom stereocenters. The molecule has 0 rings (SSSR count). The highest BCUT2D eigenvalue weighted by Crippen LogP contribution is 1.86. The van der Waals surface area contributed by atoms with Gasteiger partial charge in [0.05, 0.1) is 18.6 Å². The molecule has 0 aliphatic rings. The monoisotopic (exact) mass is 264 g/mol. The SMILES string of the molecule is CC(CC(=O)NNC(=O)CC#N)=NNC(=O)CC#N. The summed E-state index contributed by atoms with van der Waals surface area (Å²) in [7, 11) is 0. The predicted octanol–water partition coefficient (Wildman–Crippen LogP) is -1.16. The molecule has 0 aliphatic heterocycles. The molecule has 0 spiro atoms. The van der Waals surface area contributed by atoms with Gasteiger partial charge in [-0.15, -0.1) is 0 Å². The van der Waals surface area contributed by atoms with E-state index in [9.17, 15) is 14.4 Å². The van der Waals surface area contributed by atoms with E-state index in [-0.39, 0.29) is 19.3 Å². The van der Waals surface area contributed by atoms with Crippen LogP contribution in [0.5, 0.6) is 0 Å². The van der Waals surface area contributed by atoms with Crippen molar-refractivity contribution in [2.24, 2.45) is 5.10 Å². The Morgan fingerprint density at radius 3 is 2.11 bits per heavy atom. The van der Waals surface area contributed by atoms with Crippen LogP contribution in [0.25, 0.3) is 0 Å². The number of nitrogens with zero attached hydrogens (tertiary/aromatic N) is 3. The predicted molar refractivity (Wildman–Crippen MR) is 62.6 cm³/mol. The van der Waals surface area contributed by atoms with Crippen LogP contribution < -0.4 is 16.3 Å². The molecule has 3 N–H and O–H groups in total. The molecule has 0 saturated carbocycles. The van der Waals surface area contributed by atoms with Crippen LogP contribution in [-0.2, 0) is 14.4 Å². The number of carbonyl (C=O) groups excluding carboxylic acids is 3. The number of carbonyl (C=O) groups is 3. The second kappa shape index (κ2) is 9.13.